The number of rotatable bonds is 6. The van der Waals surface area contributed by atoms with Gasteiger partial charge in [0.05, 0.1) is 6.61 Å². The molecule has 4 N–H and O–H groups in total. The fourth-order valence-electron chi connectivity index (χ4n) is 2.62. The summed E-state index contributed by atoms with van der Waals surface area (Å²) in [6, 6.07) is 5.13. The summed E-state index contributed by atoms with van der Waals surface area (Å²) in [6.07, 6.45) is 4.64. The summed E-state index contributed by atoms with van der Waals surface area (Å²) in [5.41, 5.74) is -1.21. The number of terminal acetylenes is 1. The molecule has 0 spiro atoms. The van der Waals surface area contributed by atoms with Crippen LogP contribution in [0.25, 0.3) is 0 Å². The highest BCUT2D eigenvalue weighted by atomic mass is 16.6. The Labute approximate surface area is 182 Å². The maximum Gasteiger partial charge on any atom is 0.408 e. The molecule has 1 rings (SSSR count). The molecule has 2 atom stereocenters. The number of aliphatic hydroxyl groups excluding tert-OH is 1. The number of alkyl carbamates (subject to hydrolysis) is 1. The van der Waals surface area contributed by atoms with Gasteiger partial charge in [0, 0.05) is 11.6 Å². The van der Waals surface area contributed by atoms with E-state index in [-0.39, 0.29) is 11.3 Å². The Bertz CT molecular complexity index is 848. The first-order valence-corrected chi connectivity index (χ1v) is 9.69. The van der Waals surface area contributed by atoms with E-state index in [4.69, 9.17) is 11.2 Å². The highest BCUT2D eigenvalue weighted by molar-refractivity contribution is 5.93. The van der Waals surface area contributed by atoms with Crippen LogP contribution < -0.4 is 10.6 Å². The van der Waals surface area contributed by atoms with Crippen molar-refractivity contribution in [2.24, 2.45) is 0 Å². The summed E-state index contributed by atoms with van der Waals surface area (Å²) in [7, 11) is 0. The van der Waals surface area contributed by atoms with Crippen molar-refractivity contribution in [1.82, 2.24) is 15.5 Å². The summed E-state index contributed by atoms with van der Waals surface area (Å²) >= 11 is 0. The molecule has 0 saturated carbocycles. The lowest BCUT2D eigenvalue weighted by Gasteiger charge is -2.32. The maximum atomic E-state index is 13.1. The third-order valence-corrected chi connectivity index (χ3v) is 3.74. The number of nitrogens with zero attached hydrogens (tertiary/aromatic N) is 1. The fraction of sp³-hybridized carbons (Fsp3) is 0.500. The van der Waals surface area contributed by atoms with Gasteiger partial charge in [0.2, 0.25) is 5.91 Å². The molecule has 1 aromatic carbocycles. The molecule has 2 unspecified atom stereocenters. The number of amides is 3. The molecule has 3 amide bonds. The molecule has 170 valence electrons. The summed E-state index contributed by atoms with van der Waals surface area (Å²) in [4.78, 5) is 39.0. The van der Waals surface area contributed by atoms with E-state index in [9.17, 15) is 24.6 Å². The van der Waals surface area contributed by atoms with E-state index in [2.05, 4.69) is 16.7 Å². The zero-order valence-electron chi connectivity index (χ0n) is 18.7. The van der Waals surface area contributed by atoms with Gasteiger partial charge < -0.3 is 25.6 Å². The van der Waals surface area contributed by atoms with Gasteiger partial charge in [-0.2, -0.15) is 0 Å². The van der Waals surface area contributed by atoms with Crippen molar-refractivity contribution in [2.45, 2.75) is 64.8 Å². The largest absolute Gasteiger partial charge is 0.508 e. The van der Waals surface area contributed by atoms with Crippen LogP contribution in [0.3, 0.4) is 0 Å². The van der Waals surface area contributed by atoms with Crippen molar-refractivity contribution < 1.29 is 29.3 Å². The molecular formula is C22H31N3O6. The minimum absolute atomic E-state index is 0.124. The van der Waals surface area contributed by atoms with E-state index in [1.807, 2.05) is 0 Å². The van der Waals surface area contributed by atoms with Crippen LogP contribution in [0.2, 0.25) is 0 Å². The van der Waals surface area contributed by atoms with Crippen LogP contribution in [0.1, 0.15) is 53.1 Å². The van der Waals surface area contributed by atoms with Crippen molar-refractivity contribution in [3.63, 3.8) is 0 Å². The monoisotopic (exact) mass is 433 g/mol. The molecule has 0 fully saturated rings. The van der Waals surface area contributed by atoms with Gasteiger partial charge in [-0.1, -0.05) is 18.6 Å². The number of hydrogen-bond donors (Lipinski definition) is 4. The van der Waals surface area contributed by atoms with Gasteiger partial charge in [-0.3, -0.25) is 14.5 Å². The maximum absolute atomic E-state index is 13.1. The predicted octanol–water partition coefficient (Wildman–Crippen LogP) is 1.65. The van der Waals surface area contributed by atoms with Gasteiger partial charge in [-0.05, 0) is 59.2 Å². The quantitative estimate of drug-likeness (QED) is 0.399. The number of nitrogens with one attached hydrogen (secondary N) is 2. The minimum atomic E-state index is -1.45. The second-order valence-corrected chi connectivity index (χ2v) is 8.96. The summed E-state index contributed by atoms with van der Waals surface area (Å²) in [5, 5.41) is 24.5. The number of carbonyl (C=O) groups is 3. The topological polar surface area (TPSA) is 128 Å². The van der Waals surface area contributed by atoms with Crippen LogP contribution in [0, 0.1) is 12.5 Å². The predicted molar refractivity (Wildman–Crippen MR) is 115 cm³/mol. The number of hydrogen-bond acceptors (Lipinski definition) is 6. The number of ether oxygens (including phenoxy) is 1. The molecular weight excluding hydrogens is 402 g/mol. The summed E-state index contributed by atoms with van der Waals surface area (Å²) < 4.78 is 5.11. The molecule has 0 saturated heterocycles. The first-order chi connectivity index (χ1) is 14.2. The van der Waals surface area contributed by atoms with E-state index < -0.39 is 47.7 Å². The summed E-state index contributed by atoms with van der Waals surface area (Å²) in [6.45, 7) is 9.43. The molecule has 1 aromatic rings. The van der Waals surface area contributed by atoms with Gasteiger partial charge in [0.1, 0.15) is 23.4 Å². The number of phenols is 1. The van der Waals surface area contributed by atoms with E-state index in [1.54, 1.807) is 41.5 Å². The van der Waals surface area contributed by atoms with Crippen LogP contribution in [-0.2, 0) is 14.3 Å². The zero-order valence-corrected chi connectivity index (χ0v) is 18.7. The second kappa shape index (κ2) is 10.2. The first kappa shape index (κ1) is 25.8. The van der Waals surface area contributed by atoms with Crippen LogP contribution in [0.15, 0.2) is 24.3 Å². The van der Waals surface area contributed by atoms with Gasteiger partial charge in [0.25, 0.3) is 5.91 Å². The minimum Gasteiger partial charge on any atom is -0.508 e. The van der Waals surface area contributed by atoms with Crippen LogP contribution in [-0.4, -0.2) is 56.8 Å². The highest BCUT2D eigenvalue weighted by Gasteiger charge is 2.36. The van der Waals surface area contributed by atoms with Crippen molar-refractivity contribution in [2.75, 3.05) is 6.61 Å². The highest BCUT2D eigenvalue weighted by Crippen LogP contribution is 2.25. The van der Waals surface area contributed by atoms with E-state index in [0.29, 0.717) is 0 Å². The number of carbonyl (C=O) groups excluding carboxylic acids is 3. The second-order valence-electron chi connectivity index (χ2n) is 8.96. The molecule has 0 aromatic heterocycles. The molecule has 0 aliphatic rings. The third-order valence-electron chi connectivity index (χ3n) is 3.74. The lowest BCUT2D eigenvalue weighted by atomic mass is 10.0. The Kier molecular flexibility index (Phi) is 8.46. The molecule has 0 radical (unpaired) electrons. The Balaban J connectivity index is 3.30. The van der Waals surface area contributed by atoms with Crippen molar-refractivity contribution >= 4 is 17.9 Å². The smallest absolute Gasteiger partial charge is 0.408 e. The molecule has 0 heterocycles. The average molecular weight is 434 g/mol. The van der Waals surface area contributed by atoms with Crippen molar-refractivity contribution in [3.05, 3.63) is 29.8 Å². The number of benzene rings is 1. The van der Waals surface area contributed by atoms with Crippen LogP contribution in [0.5, 0.6) is 5.75 Å². The van der Waals surface area contributed by atoms with Gasteiger partial charge >= 0.3 is 6.09 Å². The Morgan fingerprint density at radius 2 is 1.81 bits per heavy atom. The van der Waals surface area contributed by atoms with Crippen LogP contribution in [0.4, 0.5) is 4.79 Å². The molecule has 9 heteroatoms. The normalized spacial score (nSPS) is 13.4. The molecule has 0 bridgehead atoms. The SMILES string of the molecule is C#CN(C(=O)C(CO)NC(=O)OC(C)(C)C)C(C(=O)NC(C)(C)C)c1cccc(O)c1. The molecule has 31 heavy (non-hydrogen) atoms. The number of aliphatic hydroxyl groups is 1. The zero-order chi connectivity index (χ0) is 24.0. The molecule has 0 aliphatic carbocycles. The fourth-order valence-corrected chi connectivity index (χ4v) is 2.62. The van der Waals surface area contributed by atoms with Crippen LogP contribution >= 0.6 is 0 Å². The number of aromatic hydroxyl groups is 1. The lowest BCUT2D eigenvalue weighted by Crippen LogP contribution is -2.54. The van der Waals surface area contributed by atoms with Crippen molar-refractivity contribution in [1.29, 1.82) is 0 Å². The van der Waals surface area contributed by atoms with E-state index in [1.165, 1.54) is 24.3 Å². The number of phenolic OH excluding ortho intramolecular Hbond substituents is 1. The van der Waals surface area contributed by atoms with Gasteiger partial charge in [-0.15, -0.1) is 0 Å². The Hall–Kier alpha value is -3.25. The Morgan fingerprint density at radius 1 is 1.19 bits per heavy atom. The molecule has 9 nitrogen and oxygen atoms in total. The lowest BCUT2D eigenvalue weighted by molar-refractivity contribution is -0.139. The van der Waals surface area contributed by atoms with Crippen molar-refractivity contribution in [3.8, 4) is 18.2 Å². The standard InChI is InChI=1S/C22H31N3O6/c1-8-25(19(29)16(13-26)23-20(30)31-22(5,6)7)17(18(28)24-21(2,3)4)14-10-9-11-15(27)12-14/h1,9-12,16-17,26-27H,13H2,2-7H3,(H,23,30)(H,24,28). The molecule has 0 aliphatic heterocycles. The van der Waals surface area contributed by atoms with Gasteiger partial charge in [-0.25, -0.2) is 4.79 Å². The summed E-state index contributed by atoms with van der Waals surface area (Å²) in [5.74, 6) is -1.62. The first-order valence-electron chi connectivity index (χ1n) is 9.69. The van der Waals surface area contributed by atoms with Gasteiger partial charge in [0.15, 0.2) is 0 Å². The van der Waals surface area contributed by atoms with E-state index >= 15 is 0 Å². The van der Waals surface area contributed by atoms with E-state index in [0.717, 1.165) is 4.90 Å². The third kappa shape index (κ3) is 8.18. The average Bonchev–Trinajstić information content (AvgIpc) is 2.60. The Morgan fingerprint density at radius 3 is 2.26 bits per heavy atom.